The van der Waals surface area contributed by atoms with Crippen molar-refractivity contribution < 1.29 is 8.42 Å². The number of rotatable bonds is 3. The van der Waals surface area contributed by atoms with E-state index in [-0.39, 0.29) is 5.25 Å². The molecule has 0 atom stereocenters. The van der Waals surface area contributed by atoms with E-state index in [1.807, 2.05) is 13.0 Å². The van der Waals surface area contributed by atoms with Crippen LogP contribution in [0, 0.1) is 6.92 Å². The SMILES string of the molecule is Cc1cccc(NS(=O)(=O)C2CCNCC2)n1. The van der Waals surface area contributed by atoms with E-state index < -0.39 is 10.0 Å². The van der Waals surface area contributed by atoms with E-state index in [4.69, 9.17) is 0 Å². The first-order chi connectivity index (χ1) is 8.08. The molecule has 17 heavy (non-hydrogen) atoms. The summed E-state index contributed by atoms with van der Waals surface area (Å²) in [5.74, 6) is 0.406. The molecule has 0 aliphatic carbocycles. The van der Waals surface area contributed by atoms with Crippen molar-refractivity contribution in [3.05, 3.63) is 23.9 Å². The van der Waals surface area contributed by atoms with Gasteiger partial charge in [-0.3, -0.25) is 4.72 Å². The number of hydrogen-bond donors (Lipinski definition) is 2. The minimum atomic E-state index is -3.31. The maximum atomic E-state index is 12.1. The quantitative estimate of drug-likeness (QED) is 0.841. The number of pyridine rings is 1. The number of nitrogens with one attached hydrogen (secondary N) is 2. The fourth-order valence-electron chi connectivity index (χ4n) is 1.93. The Balaban J connectivity index is 2.11. The molecule has 1 saturated heterocycles. The Morgan fingerprint density at radius 1 is 1.35 bits per heavy atom. The van der Waals surface area contributed by atoms with Crippen LogP contribution in [0.25, 0.3) is 0 Å². The summed E-state index contributed by atoms with van der Waals surface area (Å²) in [6, 6.07) is 5.30. The number of anilines is 1. The van der Waals surface area contributed by atoms with E-state index in [1.54, 1.807) is 12.1 Å². The maximum absolute atomic E-state index is 12.1. The molecule has 0 unspecified atom stereocenters. The second kappa shape index (κ2) is 5.01. The molecule has 2 rings (SSSR count). The number of piperidine rings is 1. The molecule has 1 aliphatic rings. The normalized spacial score (nSPS) is 17.9. The average molecular weight is 255 g/mol. The second-order valence-electron chi connectivity index (χ2n) is 4.26. The smallest absolute Gasteiger partial charge is 0.236 e. The standard InChI is InChI=1S/C11H17N3O2S/c1-9-3-2-4-11(13-9)14-17(15,16)10-5-7-12-8-6-10/h2-4,10,12H,5-8H2,1H3,(H,13,14). The summed E-state index contributed by atoms with van der Waals surface area (Å²) in [5, 5.41) is 2.84. The molecule has 94 valence electrons. The van der Waals surface area contributed by atoms with Gasteiger partial charge in [0.25, 0.3) is 0 Å². The van der Waals surface area contributed by atoms with Crippen molar-refractivity contribution in [2.45, 2.75) is 25.0 Å². The first kappa shape index (κ1) is 12.3. The van der Waals surface area contributed by atoms with Crippen LogP contribution in [-0.4, -0.2) is 31.7 Å². The van der Waals surface area contributed by atoms with Crippen molar-refractivity contribution in [3.8, 4) is 0 Å². The lowest BCUT2D eigenvalue weighted by molar-refractivity contribution is 0.499. The lowest BCUT2D eigenvalue weighted by Crippen LogP contribution is -2.38. The molecule has 0 spiro atoms. The van der Waals surface area contributed by atoms with Crippen LogP contribution in [0.15, 0.2) is 18.2 Å². The van der Waals surface area contributed by atoms with Gasteiger partial charge in [0.05, 0.1) is 5.25 Å². The highest BCUT2D eigenvalue weighted by atomic mass is 32.2. The van der Waals surface area contributed by atoms with Crippen LogP contribution in [0.2, 0.25) is 0 Å². The highest BCUT2D eigenvalue weighted by Crippen LogP contribution is 2.16. The van der Waals surface area contributed by atoms with Crippen LogP contribution in [0.5, 0.6) is 0 Å². The van der Waals surface area contributed by atoms with Gasteiger partial charge in [-0.05, 0) is 45.0 Å². The van der Waals surface area contributed by atoms with Gasteiger partial charge in [0.15, 0.2) is 0 Å². The molecule has 1 aromatic heterocycles. The minimum absolute atomic E-state index is 0.314. The number of sulfonamides is 1. The fourth-order valence-corrected chi connectivity index (χ4v) is 3.36. The zero-order valence-corrected chi connectivity index (χ0v) is 10.6. The van der Waals surface area contributed by atoms with E-state index in [0.29, 0.717) is 18.7 Å². The molecule has 6 heteroatoms. The van der Waals surface area contributed by atoms with Crippen LogP contribution in [-0.2, 0) is 10.0 Å². The molecule has 2 N–H and O–H groups in total. The Kier molecular flexibility index (Phi) is 3.63. The Morgan fingerprint density at radius 3 is 2.71 bits per heavy atom. The fraction of sp³-hybridized carbons (Fsp3) is 0.545. The zero-order valence-electron chi connectivity index (χ0n) is 9.81. The number of nitrogens with zero attached hydrogens (tertiary/aromatic N) is 1. The Bertz CT molecular complexity index is 481. The number of aryl methyl sites for hydroxylation is 1. The van der Waals surface area contributed by atoms with E-state index in [1.165, 1.54) is 0 Å². The van der Waals surface area contributed by atoms with Crippen molar-refractivity contribution in [3.63, 3.8) is 0 Å². The molecule has 0 aromatic carbocycles. The topological polar surface area (TPSA) is 71.1 Å². The third-order valence-corrected chi connectivity index (χ3v) is 4.70. The molecule has 0 amide bonds. The van der Waals surface area contributed by atoms with Gasteiger partial charge in [0.2, 0.25) is 10.0 Å². The summed E-state index contributed by atoms with van der Waals surface area (Å²) in [6.45, 7) is 3.35. The Morgan fingerprint density at radius 2 is 2.06 bits per heavy atom. The molecule has 5 nitrogen and oxygen atoms in total. The van der Waals surface area contributed by atoms with Gasteiger partial charge >= 0.3 is 0 Å². The molecule has 0 radical (unpaired) electrons. The summed E-state index contributed by atoms with van der Waals surface area (Å²) in [7, 11) is -3.31. The summed E-state index contributed by atoms with van der Waals surface area (Å²) in [4.78, 5) is 4.15. The predicted molar refractivity (Wildman–Crippen MR) is 67.4 cm³/mol. The van der Waals surface area contributed by atoms with Gasteiger partial charge in [0.1, 0.15) is 5.82 Å². The van der Waals surface area contributed by atoms with Crippen molar-refractivity contribution >= 4 is 15.8 Å². The van der Waals surface area contributed by atoms with Crippen LogP contribution in [0.1, 0.15) is 18.5 Å². The van der Waals surface area contributed by atoms with Gasteiger partial charge < -0.3 is 5.32 Å². The zero-order chi connectivity index (χ0) is 12.3. The van der Waals surface area contributed by atoms with Crippen molar-refractivity contribution in [1.82, 2.24) is 10.3 Å². The van der Waals surface area contributed by atoms with Gasteiger partial charge in [-0.2, -0.15) is 0 Å². The highest BCUT2D eigenvalue weighted by Gasteiger charge is 2.27. The number of aromatic nitrogens is 1. The highest BCUT2D eigenvalue weighted by molar-refractivity contribution is 7.93. The van der Waals surface area contributed by atoms with Gasteiger partial charge in [0, 0.05) is 5.69 Å². The van der Waals surface area contributed by atoms with Crippen molar-refractivity contribution in [2.75, 3.05) is 17.8 Å². The van der Waals surface area contributed by atoms with E-state index in [0.717, 1.165) is 18.8 Å². The molecule has 0 saturated carbocycles. The lowest BCUT2D eigenvalue weighted by Gasteiger charge is -2.23. The minimum Gasteiger partial charge on any atom is -0.317 e. The summed E-state index contributed by atoms with van der Waals surface area (Å²) < 4.78 is 26.7. The van der Waals surface area contributed by atoms with E-state index in [9.17, 15) is 8.42 Å². The molecular formula is C11H17N3O2S. The third kappa shape index (κ3) is 3.17. The lowest BCUT2D eigenvalue weighted by atomic mass is 10.2. The average Bonchev–Trinajstić information content (AvgIpc) is 2.29. The second-order valence-corrected chi connectivity index (χ2v) is 6.22. The molecule has 1 aliphatic heterocycles. The van der Waals surface area contributed by atoms with Crippen LogP contribution >= 0.6 is 0 Å². The van der Waals surface area contributed by atoms with Crippen LogP contribution in [0.3, 0.4) is 0 Å². The Hall–Kier alpha value is -1.14. The van der Waals surface area contributed by atoms with Crippen LogP contribution < -0.4 is 10.0 Å². The van der Waals surface area contributed by atoms with Gasteiger partial charge in [-0.1, -0.05) is 6.07 Å². The first-order valence-corrected chi connectivity index (χ1v) is 7.28. The Labute approximate surface area is 102 Å². The molecule has 1 fully saturated rings. The monoisotopic (exact) mass is 255 g/mol. The largest absolute Gasteiger partial charge is 0.317 e. The summed E-state index contributed by atoms with van der Waals surface area (Å²) in [6.07, 6.45) is 1.31. The maximum Gasteiger partial charge on any atom is 0.236 e. The molecule has 2 heterocycles. The first-order valence-electron chi connectivity index (χ1n) is 5.74. The van der Waals surface area contributed by atoms with Crippen molar-refractivity contribution in [2.24, 2.45) is 0 Å². The van der Waals surface area contributed by atoms with E-state index in [2.05, 4.69) is 15.0 Å². The summed E-state index contributed by atoms with van der Waals surface area (Å²) in [5.41, 5.74) is 0.801. The molecule has 1 aromatic rings. The van der Waals surface area contributed by atoms with Gasteiger partial charge in [-0.25, -0.2) is 13.4 Å². The van der Waals surface area contributed by atoms with Crippen LogP contribution in [0.4, 0.5) is 5.82 Å². The third-order valence-electron chi connectivity index (χ3n) is 2.86. The van der Waals surface area contributed by atoms with Crippen molar-refractivity contribution in [1.29, 1.82) is 0 Å². The summed E-state index contributed by atoms with van der Waals surface area (Å²) >= 11 is 0. The molecular weight excluding hydrogens is 238 g/mol. The predicted octanol–water partition coefficient (Wildman–Crippen LogP) is 0.884. The van der Waals surface area contributed by atoms with E-state index >= 15 is 0 Å². The number of hydrogen-bond acceptors (Lipinski definition) is 4. The molecule has 0 bridgehead atoms. The van der Waals surface area contributed by atoms with Gasteiger partial charge in [-0.15, -0.1) is 0 Å².